The maximum absolute atomic E-state index is 12.5. The van der Waals surface area contributed by atoms with Crippen molar-refractivity contribution in [2.75, 3.05) is 13.2 Å². The minimum atomic E-state index is -4.85. The lowest BCUT2D eigenvalue weighted by molar-refractivity contribution is -0.154. The molecule has 1 atom stereocenters. The van der Waals surface area contributed by atoms with E-state index in [0.717, 1.165) is 25.7 Å². The summed E-state index contributed by atoms with van der Waals surface area (Å²) in [5.74, 6) is -1.89. The zero-order valence-corrected chi connectivity index (χ0v) is 17.1. The zero-order chi connectivity index (χ0) is 20.1. The fourth-order valence-electron chi connectivity index (χ4n) is 2.48. The van der Waals surface area contributed by atoms with E-state index in [9.17, 15) is 22.6 Å². The van der Waals surface area contributed by atoms with Crippen LogP contribution in [-0.2, 0) is 29.2 Å². The van der Waals surface area contributed by atoms with E-state index in [2.05, 4.69) is 0 Å². The molecule has 154 valence electrons. The molecule has 0 rings (SSSR count). The van der Waals surface area contributed by atoms with E-state index in [1.165, 1.54) is 0 Å². The molecule has 0 aromatic heterocycles. The number of hydrogen-bond donors (Lipinski definition) is 1. The van der Waals surface area contributed by atoms with E-state index >= 15 is 0 Å². The maximum Gasteiger partial charge on any atom is 0.330 e. The molecule has 0 saturated carbocycles. The average Bonchev–Trinajstić information content (AvgIpc) is 2.56. The van der Waals surface area contributed by atoms with Gasteiger partial charge >= 0.3 is 11.9 Å². The Morgan fingerprint density at radius 3 is 1.88 bits per heavy atom. The fraction of sp³-hybridized carbons (Fsp3) is 0.889. The highest BCUT2D eigenvalue weighted by atomic mass is 32.2. The Labute approximate surface area is 157 Å². The standard InChI is InChI=1S/C18H34O7S/c1-4-7-10-11-12-18(26(21,22)23,17(20)25-14-9-6-3)15-16(19)24-13-8-5-2/h4-15H2,1-3H3,(H,21,22,23). The summed E-state index contributed by atoms with van der Waals surface area (Å²) in [6.45, 7) is 6.03. The number of ether oxygens (including phenoxy) is 2. The molecule has 0 aromatic carbocycles. The minimum absolute atomic E-state index is 0.0481. The van der Waals surface area contributed by atoms with Gasteiger partial charge in [-0.2, -0.15) is 8.42 Å². The Kier molecular flexibility index (Phi) is 12.5. The third-order valence-electron chi connectivity index (χ3n) is 4.22. The number of hydrogen-bond acceptors (Lipinski definition) is 6. The topological polar surface area (TPSA) is 107 Å². The number of unbranched alkanes of at least 4 members (excludes halogenated alkanes) is 5. The van der Waals surface area contributed by atoms with E-state index in [-0.39, 0.29) is 19.6 Å². The summed E-state index contributed by atoms with van der Waals surface area (Å²) in [6, 6.07) is 0. The van der Waals surface area contributed by atoms with Gasteiger partial charge in [0.1, 0.15) is 0 Å². The molecule has 7 nitrogen and oxygen atoms in total. The van der Waals surface area contributed by atoms with Crippen LogP contribution in [0.15, 0.2) is 0 Å². The molecular weight excluding hydrogens is 360 g/mol. The van der Waals surface area contributed by atoms with Gasteiger partial charge in [0.15, 0.2) is 0 Å². The zero-order valence-electron chi connectivity index (χ0n) is 16.3. The largest absolute Gasteiger partial charge is 0.466 e. The second-order valence-corrected chi connectivity index (χ2v) is 8.25. The summed E-state index contributed by atoms with van der Waals surface area (Å²) in [5, 5.41) is 0. The fourth-order valence-corrected chi connectivity index (χ4v) is 3.45. The molecule has 0 fully saturated rings. The molecule has 0 bridgehead atoms. The van der Waals surface area contributed by atoms with Crippen molar-refractivity contribution in [2.45, 2.75) is 89.7 Å². The lowest BCUT2D eigenvalue weighted by Gasteiger charge is -2.27. The molecule has 0 aliphatic heterocycles. The van der Waals surface area contributed by atoms with Gasteiger partial charge in [0.05, 0.1) is 19.6 Å². The Bertz CT molecular complexity index is 516. The molecule has 0 aromatic rings. The van der Waals surface area contributed by atoms with Crippen molar-refractivity contribution in [3.05, 3.63) is 0 Å². The summed E-state index contributed by atoms with van der Waals surface area (Å²) < 4.78 is 41.8. The molecule has 1 N–H and O–H groups in total. The first-order valence-electron chi connectivity index (χ1n) is 9.55. The van der Waals surface area contributed by atoms with Crippen LogP contribution in [0.3, 0.4) is 0 Å². The molecule has 26 heavy (non-hydrogen) atoms. The van der Waals surface area contributed by atoms with E-state index in [4.69, 9.17) is 9.47 Å². The van der Waals surface area contributed by atoms with Gasteiger partial charge in [0, 0.05) is 0 Å². The van der Waals surface area contributed by atoms with E-state index < -0.39 is 33.2 Å². The predicted octanol–water partition coefficient (Wildman–Crippen LogP) is 3.66. The summed E-state index contributed by atoms with van der Waals surface area (Å²) in [4.78, 5) is 24.6. The minimum Gasteiger partial charge on any atom is -0.466 e. The third-order valence-corrected chi connectivity index (χ3v) is 5.72. The van der Waals surface area contributed by atoms with Crippen LogP contribution in [0.2, 0.25) is 0 Å². The molecule has 0 heterocycles. The highest BCUT2D eigenvalue weighted by Gasteiger charge is 2.53. The van der Waals surface area contributed by atoms with Gasteiger partial charge < -0.3 is 9.47 Å². The van der Waals surface area contributed by atoms with Crippen LogP contribution < -0.4 is 0 Å². The van der Waals surface area contributed by atoms with Crippen molar-refractivity contribution in [3.8, 4) is 0 Å². The van der Waals surface area contributed by atoms with E-state index in [1.54, 1.807) is 0 Å². The highest BCUT2D eigenvalue weighted by molar-refractivity contribution is 7.88. The van der Waals surface area contributed by atoms with Gasteiger partial charge in [-0.05, 0) is 19.3 Å². The smallest absolute Gasteiger partial charge is 0.330 e. The van der Waals surface area contributed by atoms with E-state index in [1.807, 2.05) is 20.8 Å². The molecule has 0 radical (unpaired) electrons. The van der Waals surface area contributed by atoms with Crippen molar-refractivity contribution < 1.29 is 32.0 Å². The van der Waals surface area contributed by atoms with Gasteiger partial charge in [-0.25, -0.2) is 0 Å². The Balaban J connectivity index is 5.38. The molecule has 0 spiro atoms. The number of carbonyl (C=O) groups is 2. The second kappa shape index (κ2) is 13.1. The molecule has 0 aliphatic carbocycles. The molecule has 8 heteroatoms. The lowest BCUT2D eigenvalue weighted by atomic mass is 9.96. The second-order valence-electron chi connectivity index (χ2n) is 6.52. The Hall–Kier alpha value is -1.15. The van der Waals surface area contributed by atoms with Gasteiger partial charge in [0.2, 0.25) is 4.75 Å². The van der Waals surface area contributed by atoms with Crippen LogP contribution in [-0.4, -0.2) is 42.9 Å². The normalized spacial score (nSPS) is 13.8. The van der Waals surface area contributed by atoms with Gasteiger partial charge in [-0.3, -0.25) is 14.1 Å². The van der Waals surface area contributed by atoms with Crippen molar-refractivity contribution >= 4 is 22.1 Å². The summed E-state index contributed by atoms with van der Waals surface area (Å²) >= 11 is 0. The Morgan fingerprint density at radius 2 is 1.38 bits per heavy atom. The first-order chi connectivity index (χ1) is 12.2. The summed E-state index contributed by atoms with van der Waals surface area (Å²) in [6.07, 6.45) is 4.78. The first kappa shape index (κ1) is 24.8. The van der Waals surface area contributed by atoms with Gasteiger partial charge in [0.25, 0.3) is 10.1 Å². The third kappa shape index (κ3) is 8.49. The molecule has 1 unspecified atom stereocenters. The monoisotopic (exact) mass is 394 g/mol. The van der Waals surface area contributed by atoms with Crippen LogP contribution in [0.25, 0.3) is 0 Å². The van der Waals surface area contributed by atoms with Crippen LogP contribution >= 0.6 is 0 Å². The quantitative estimate of drug-likeness (QED) is 0.256. The number of rotatable bonds is 15. The molecule has 0 aliphatic rings. The summed E-state index contributed by atoms with van der Waals surface area (Å²) in [5.41, 5.74) is 0. The van der Waals surface area contributed by atoms with Crippen molar-refractivity contribution in [2.24, 2.45) is 0 Å². The van der Waals surface area contributed by atoms with Crippen LogP contribution in [0.4, 0.5) is 0 Å². The first-order valence-corrected chi connectivity index (χ1v) is 11.0. The molecular formula is C18H34O7S. The molecule has 0 saturated heterocycles. The Morgan fingerprint density at radius 1 is 0.846 bits per heavy atom. The number of esters is 2. The SMILES string of the molecule is CCCCCCC(CC(=O)OCCCC)(C(=O)OCCCC)S(=O)(=O)O. The van der Waals surface area contributed by atoms with Crippen LogP contribution in [0.1, 0.15) is 85.0 Å². The van der Waals surface area contributed by atoms with Crippen molar-refractivity contribution in [1.29, 1.82) is 0 Å². The van der Waals surface area contributed by atoms with Crippen LogP contribution in [0, 0.1) is 0 Å². The highest BCUT2D eigenvalue weighted by Crippen LogP contribution is 2.31. The predicted molar refractivity (Wildman–Crippen MR) is 99.4 cm³/mol. The summed E-state index contributed by atoms with van der Waals surface area (Å²) in [7, 11) is -4.85. The van der Waals surface area contributed by atoms with Gasteiger partial charge in [-0.15, -0.1) is 0 Å². The van der Waals surface area contributed by atoms with Crippen LogP contribution in [0.5, 0.6) is 0 Å². The van der Waals surface area contributed by atoms with Crippen molar-refractivity contribution in [3.63, 3.8) is 0 Å². The number of carbonyl (C=O) groups excluding carboxylic acids is 2. The van der Waals surface area contributed by atoms with Gasteiger partial charge in [-0.1, -0.05) is 59.3 Å². The van der Waals surface area contributed by atoms with E-state index in [0.29, 0.717) is 25.7 Å². The lowest BCUT2D eigenvalue weighted by Crippen LogP contribution is -2.49. The average molecular weight is 395 g/mol. The maximum atomic E-state index is 12.5. The van der Waals surface area contributed by atoms with Crippen molar-refractivity contribution in [1.82, 2.24) is 0 Å². The molecule has 0 amide bonds.